The fourth-order valence-electron chi connectivity index (χ4n) is 3.46. The monoisotopic (exact) mass is 368 g/mol. The molecular formula is C20H17FN2O4. The summed E-state index contributed by atoms with van der Waals surface area (Å²) < 4.78 is 19.8. The molecule has 6 nitrogen and oxygen atoms in total. The van der Waals surface area contributed by atoms with Crippen LogP contribution in [0.4, 0.5) is 4.39 Å². The standard InChI is InChI=1S/C20H17FN2O4/c21-13-8-14-15(17(9-13)27-11-12-4-2-1-3-5-12)10-23(20(14)26)16-6-7-18(24)22-19(16)25/h1-5,8-9,16H,6-7,10-11H2,(H,22,24,25). The summed E-state index contributed by atoms with van der Waals surface area (Å²) in [6.07, 6.45) is 0.426. The molecule has 0 radical (unpaired) electrons. The number of nitrogens with one attached hydrogen (secondary N) is 1. The van der Waals surface area contributed by atoms with Gasteiger partial charge in [-0.1, -0.05) is 30.3 Å². The maximum Gasteiger partial charge on any atom is 0.255 e. The highest BCUT2D eigenvalue weighted by Gasteiger charge is 2.40. The molecule has 0 aliphatic carbocycles. The van der Waals surface area contributed by atoms with Crippen LogP contribution in [0.15, 0.2) is 42.5 Å². The molecule has 2 aliphatic heterocycles. The Morgan fingerprint density at radius 3 is 2.67 bits per heavy atom. The summed E-state index contributed by atoms with van der Waals surface area (Å²) in [6.45, 7) is 0.383. The first-order valence-corrected chi connectivity index (χ1v) is 8.67. The van der Waals surface area contributed by atoms with Gasteiger partial charge in [0.15, 0.2) is 0 Å². The molecule has 1 fully saturated rings. The van der Waals surface area contributed by atoms with Crippen molar-refractivity contribution in [1.82, 2.24) is 10.2 Å². The number of piperidine rings is 1. The highest BCUT2D eigenvalue weighted by atomic mass is 19.1. The van der Waals surface area contributed by atoms with E-state index in [1.807, 2.05) is 30.3 Å². The second kappa shape index (κ2) is 6.83. The van der Waals surface area contributed by atoms with Gasteiger partial charge in [0.2, 0.25) is 11.8 Å². The number of halogens is 1. The van der Waals surface area contributed by atoms with Crippen molar-refractivity contribution in [2.24, 2.45) is 0 Å². The van der Waals surface area contributed by atoms with Gasteiger partial charge in [-0.2, -0.15) is 0 Å². The summed E-state index contributed by atoms with van der Waals surface area (Å²) in [4.78, 5) is 37.6. The van der Waals surface area contributed by atoms with Crippen molar-refractivity contribution >= 4 is 17.7 Å². The lowest BCUT2D eigenvalue weighted by Gasteiger charge is -2.29. The van der Waals surface area contributed by atoms with Crippen LogP contribution in [0.3, 0.4) is 0 Å². The molecule has 1 saturated heterocycles. The Balaban J connectivity index is 1.59. The van der Waals surface area contributed by atoms with E-state index in [-0.39, 0.29) is 43.2 Å². The molecule has 1 N–H and O–H groups in total. The first-order valence-electron chi connectivity index (χ1n) is 8.67. The molecule has 2 aromatic rings. The van der Waals surface area contributed by atoms with Gasteiger partial charge in [0.05, 0.1) is 12.1 Å². The maximum absolute atomic E-state index is 14.0. The molecule has 1 unspecified atom stereocenters. The summed E-state index contributed by atoms with van der Waals surface area (Å²) in [5.41, 5.74) is 1.67. The van der Waals surface area contributed by atoms with Crippen LogP contribution in [0.25, 0.3) is 0 Å². The Morgan fingerprint density at radius 1 is 1.15 bits per heavy atom. The first-order chi connectivity index (χ1) is 13.0. The molecule has 3 amide bonds. The Hall–Kier alpha value is -3.22. The molecule has 0 spiro atoms. The van der Waals surface area contributed by atoms with Gasteiger partial charge in [-0.05, 0) is 18.1 Å². The van der Waals surface area contributed by atoms with E-state index in [0.29, 0.717) is 5.56 Å². The number of nitrogens with zero attached hydrogens (tertiary/aromatic N) is 1. The van der Waals surface area contributed by atoms with Crippen LogP contribution < -0.4 is 10.1 Å². The van der Waals surface area contributed by atoms with Gasteiger partial charge < -0.3 is 9.64 Å². The molecule has 0 bridgehead atoms. The van der Waals surface area contributed by atoms with E-state index in [0.717, 1.165) is 5.56 Å². The number of carbonyl (C=O) groups excluding carboxylic acids is 3. The molecule has 2 heterocycles. The number of benzene rings is 2. The smallest absolute Gasteiger partial charge is 0.255 e. The highest BCUT2D eigenvalue weighted by Crippen LogP contribution is 2.34. The van der Waals surface area contributed by atoms with E-state index >= 15 is 0 Å². The summed E-state index contributed by atoms with van der Waals surface area (Å²) >= 11 is 0. The van der Waals surface area contributed by atoms with E-state index in [1.54, 1.807) is 0 Å². The number of carbonyl (C=O) groups is 3. The van der Waals surface area contributed by atoms with Crippen molar-refractivity contribution in [2.75, 3.05) is 0 Å². The summed E-state index contributed by atoms with van der Waals surface area (Å²) in [5, 5.41) is 2.25. The van der Waals surface area contributed by atoms with Gasteiger partial charge in [-0.3, -0.25) is 19.7 Å². The van der Waals surface area contributed by atoms with Crippen molar-refractivity contribution in [3.63, 3.8) is 0 Å². The van der Waals surface area contributed by atoms with Crippen LogP contribution >= 0.6 is 0 Å². The third kappa shape index (κ3) is 3.28. The quantitative estimate of drug-likeness (QED) is 0.840. The average molecular weight is 368 g/mol. The molecule has 27 heavy (non-hydrogen) atoms. The van der Waals surface area contributed by atoms with Crippen LogP contribution in [0.5, 0.6) is 5.75 Å². The van der Waals surface area contributed by atoms with Crippen molar-refractivity contribution in [3.05, 3.63) is 65.0 Å². The molecule has 138 valence electrons. The zero-order chi connectivity index (χ0) is 19.0. The average Bonchev–Trinajstić information content (AvgIpc) is 2.97. The summed E-state index contributed by atoms with van der Waals surface area (Å²) in [5.74, 6) is -1.56. The topological polar surface area (TPSA) is 75.7 Å². The van der Waals surface area contributed by atoms with Gasteiger partial charge in [-0.15, -0.1) is 0 Å². The molecule has 1 atom stereocenters. The second-order valence-corrected chi connectivity index (χ2v) is 6.60. The minimum atomic E-state index is -0.743. The summed E-state index contributed by atoms with van der Waals surface area (Å²) in [6, 6.07) is 11.1. The Bertz CT molecular complexity index is 929. The van der Waals surface area contributed by atoms with Crippen LogP contribution in [0.1, 0.15) is 34.3 Å². The van der Waals surface area contributed by atoms with Crippen LogP contribution in [0.2, 0.25) is 0 Å². The zero-order valence-electron chi connectivity index (χ0n) is 14.4. The second-order valence-electron chi connectivity index (χ2n) is 6.60. The number of ether oxygens (including phenoxy) is 1. The van der Waals surface area contributed by atoms with E-state index in [9.17, 15) is 18.8 Å². The van der Waals surface area contributed by atoms with Crippen LogP contribution in [-0.2, 0) is 22.7 Å². The Morgan fingerprint density at radius 2 is 1.93 bits per heavy atom. The van der Waals surface area contributed by atoms with E-state index in [1.165, 1.54) is 17.0 Å². The molecule has 2 aliphatic rings. The first kappa shape index (κ1) is 17.2. The van der Waals surface area contributed by atoms with E-state index in [4.69, 9.17) is 4.74 Å². The van der Waals surface area contributed by atoms with Gasteiger partial charge in [0, 0.05) is 18.1 Å². The van der Waals surface area contributed by atoms with Gasteiger partial charge in [-0.25, -0.2) is 4.39 Å². The van der Waals surface area contributed by atoms with Crippen LogP contribution in [0, 0.1) is 5.82 Å². The minimum absolute atomic E-state index is 0.144. The third-order valence-electron chi connectivity index (χ3n) is 4.82. The predicted octanol–water partition coefficient (Wildman–Crippen LogP) is 2.17. The normalized spacial score (nSPS) is 19.1. The molecule has 0 saturated carbocycles. The van der Waals surface area contributed by atoms with Gasteiger partial charge >= 0.3 is 0 Å². The molecule has 2 aromatic carbocycles. The lowest BCUT2D eigenvalue weighted by atomic mass is 10.0. The number of imide groups is 1. The molecule has 0 aromatic heterocycles. The number of hydrogen-bond acceptors (Lipinski definition) is 4. The number of rotatable bonds is 4. The molecule has 7 heteroatoms. The molecular weight excluding hydrogens is 351 g/mol. The minimum Gasteiger partial charge on any atom is -0.488 e. The largest absolute Gasteiger partial charge is 0.488 e. The third-order valence-corrected chi connectivity index (χ3v) is 4.82. The lowest BCUT2D eigenvalue weighted by Crippen LogP contribution is -2.52. The fourth-order valence-corrected chi connectivity index (χ4v) is 3.46. The van der Waals surface area contributed by atoms with E-state index < -0.39 is 23.7 Å². The Labute approximate surface area is 154 Å². The Kier molecular flexibility index (Phi) is 4.35. The van der Waals surface area contributed by atoms with Gasteiger partial charge in [0.25, 0.3) is 5.91 Å². The van der Waals surface area contributed by atoms with Crippen molar-refractivity contribution in [2.45, 2.75) is 32.0 Å². The van der Waals surface area contributed by atoms with E-state index in [2.05, 4.69) is 5.32 Å². The highest BCUT2D eigenvalue weighted by molar-refractivity contribution is 6.05. The molecule has 4 rings (SSSR count). The SMILES string of the molecule is O=C1CCC(N2Cc3c(OCc4ccccc4)cc(F)cc3C2=O)C(=O)N1. The zero-order valence-corrected chi connectivity index (χ0v) is 14.4. The lowest BCUT2D eigenvalue weighted by molar-refractivity contribution is -0.136. The maximum atomic E-state index is 14.0. The fraction of sp³-hybridized carbons (Fsp3) is 0.250. The summed E-state index contributed by atoms with van der Waals surface area (Å²) in [7, 11) is 0. The van der Waals surface area contributed by atoms with Crippen molar-refractivity contribution < 1.29 is 23.5 Å². The van der Waals surface area contributed by atoms with Crippen molar-refractivity contribution in [1.29, 1.82) is 0 Å². The number of fused-ring (bicyclic) bond motifs is 1. The van der Waals surface area contributed by atoms with Crippen molar-refractivity contribution in [3.8, 4) is 5.75 Å². The van der Waals surface area contributed by atoms with Gasteiger partial charge in [0.1, 0.15) is 24.2 Å². The number of hydrogen-bond donors (Lipinski definition) is 1. The number of amides is 3. The predicted molar refractivity (Wildman–Crippen MR) is 93.2 cm³/mol. The van der Waals surface area contributed by atoms with Crippen LogP contribution in [-0.4, -0.2) is 28.7 Å².